The number of hydrogen-bond acceptors (Lipinski definition) is 3. The van der Waals surface area contributed by atoms with E-state index in [1.54, 1.807) is 12.2 Å². The van der Waals surface area contributed by atoms with Crippen LogP contribution in [0.2, 0.25) is 0 Å². The van der Waals surface area contributed by atoms with E-state index >= 15 is 0 Å². The van der Waals surface area contributed by atoms with Gasteiger partial charge in [-0.15, -0.1) is 0 Å². The molecule has 0 bridgehead atoms. The second kappa shape index (κ2) is 7.54. The summed E-state index contributed by atoms with van der Waals surface area (Å²) < 4.78 is 5.02. The second-order valence-electron chi connectivity index (χ2n) is 6.50. The number of Topliss-reactive ketones (excluding diaryl/α,β-unsaturated/α-hetero) is 2. The van der Waals surface area contributed by atoms with Gasteiger partial charge >= 0.3 is 167 Å². The van der Waals surface area contributed by atoms with Crippen molar-refractivity contribution >= 4 is 41.5 Å². The zero-order valence-electron chi connectivity index (χ0n) is 15.1. The van der Waals surface area contributed by atoms with E-state index in [1.165, 1.54) is 17.9 Å². The topological polar surface area (TPSA) is 54.4 Å². The first-order valence-electron chi connectivity index (χ1n) is 8.28. The molecule has 0 aromatic rings. The molecule has 0 radical (unpaired) electrons. The third kappa shape index (κ3) is 4.02. The number of carbonyl (C=O) groups excluding carboxylic acids is 2. The van der Waals surface area contributed by atoms with Crippen molar-refractivity contribution < 1.29 is 14.7 Å². The van der Waals surface area contributed by atoms with E-state index in [4.69, 9.17) is 0 Å². The molecular weight excluding hydrogens is 458 g/mol. The Hall–Kier alpha value is -1.64. The van der Waals surface area contributed by atoms with Gasteiger partial charge in [0.1, 0.15) is 0 Å². The van der Waals surface area contributed by atoms with Crippen molar-refractivity contribution in [3.8, 4) is 0 Å². The summed E-state index contributed by atoms with van der Waals surface area (Å²) in [6.45, 7) is 8.23. The fourth-order valence-electron chi connectivity index (χ4n) is 3.16. The number of ketones is 2. The fraction of sp³-hybridized carbons (Fsp3) is 0.238. The molecule has 2 aliphatic heterocycles. The van der Waals surface area contributed by atoms with Crippen LogP contribution in [0.4, 0.5) is 0 Å². The van der Waals surface area contributed by atoms with Crippen LogP contribution in [0.3, 0.4) is 0 Å². The molecule has 0 aromatic heterocycles. The molecule has 0 amide bonds. The first-order valence-corrected chi connectivity index (χ1v) is 11.7. The van der Waals surface area contributed by atoms with E-state index in [0.29, 0.717) is 29.9 Å². The molecule has 0 saturated heterocycles. The Labute approximate surface area is 166 Å². The summed E-state index contributed by atoms with van der Waals surface area (Å²) in [7, 11) is 0. The SMILES string of the molecule is CC1=CC(=CC2=C(O)C(=O)C(C=C3C=C(C)[Se]C(C)=C3)C2=O)C=C(C)[Se]1. The van der Waals surface area contributed by atoms with Crippen LogP contribution in [0.5, 0.6) is 0 Å². The molecule has 3 nitrogen and oxygen atoms in total. The molecule has 1 unspecified atom stereocenters. The van der Waals surface area contributed by atoms with Crippen molar-refractivity contribution in [3.63, 3.8) is 0 Å². The maximum absolute atomic E-state index is 12.8. The van der Waals surface area contributed by atoms with Crippen LogP contribution >= 0.6 is 0 Å². The van der Waals surface area contributed by atoms with Gasteiger partial charge in [0.25, 0.3) is 0 Å². The minimum absolute atomic E-state index is 0.121. The average Bonchev–Trinajstić information content (AvgIpc) is 2.71. The summed E-state index contributed by atoms with van der Waals surface area (Å²) in [5, 5.41) is 10.3. The molecule has 1 N–H and O–H groups in total. The van der Waals surface area contributed by atoms with E-state index in [-0.39, 0.29) is 11.4 Å². The third-order valence-corrected chi connectivity index (χ3v) is 7.80. The van der Waals surface area contributed by atoms with Crippen LogP contribution in [-0.2, 0) is 9.59 Å². The second-order valence-corrected chi connectivity index (χ2v) is 12.8. The van der Waals surface area contributed by atoms with Gasteiger partial charge in [-0.05, 0) is 0 Å². The van der Waals surface area contributed by atoms with Crippen molar-refractivity contribution in [2.24, 2.45) is 5.92 Å². The van der Waals surface area contributed by atoms with Crippen LogP contribution in [0.15, 0.2) is 76.8 Å². The third-order valence-electron chi connectivity index (χ3n) is 4.11. The summed E-state index contributed by atoms with van der Waals surface area (Å²) in [5.41, 5.74) is 1.85. The number of carbonyl (C=O) groups is 2. The van der Waals surface area contributed by atoms with Gasteiger partial charge in [0.2, 0.25) is 0 Å². The number of aliphatic hydroxyl groups excluding tert-OH is 1. The van der Waals surface area contributed by atoms with Gasteiger partial charge in [-0.25, -0.2) is 0 Å². The maximum atomic E-state index is 12.8. The average molecular weight is 478 g/mol. The zero-order valence-corrected chi connectivity index (χ0v) is 18.5. The van der Waals surface area contributed by atoms with Crippen molar-refractivity contribution in [2.75, 3.05) is 0 Å². The van der Waals surface area contributed by atoms with Crippen LogP contribution in [0.1, 0.15) is 27.7 Å². The molecule has 26 heavy (non-hydrogen) atoms. The first kappa shape index (κ1) is 19.1. The number of aliphatic hydroxyl groups is 1. The van der Waals surface area contributed by atoms with Crippen LogP contribution in [-0.4, -0.2) is 46.6 Å². The normalized spacial score (nSPS) is 23.6. The first-order chi connectivity index (χ1) is 12.2. The Morgan fingerprint density at radius 1 is 0.808 bits per heavy atom. The van der Waals surface area contributed by atoms with Gasteiger partial charge in [-0.1, -0.05) is 0 Å². The fourth-order valence-corrected chi connectivity index (χ4v) is 6.93. The van der Waals surface area contributed by atoms with Gasteiger partial charge in [0.05, 0.1) is 0 Å². The molecule has 2 heterocycles. The van der Waals surface area contributed by atoms with E-state index in [0.717, 1.165) is 11.1 Å². The molecule has 1 atom stereocenters. The van der Waals surface area contributed by atoms with Crippen LogP contribution < -0.4 is 0 Å². The van der Waals surface area contributed by atoms with E-state index in [2.05, 4.69) is 27.7 Å². The Morgan fingerprint density at radius 3 is 1.77 bits per heavy atom. The van der Waals surface area contributed by atoms with Gasteiger partial charge in [0.15, 0.2) is 0 Å². The van der Waals surface area contributed by atoms with Gasteiger partial charge in [-0.2, -0.15) is 0 Å². The van der Waals surface area contributed by atoms with Gasteiger partial charge < -0.3 is 0 Å². The summed E-state index contributed by atoms with van der Waals surface area (Å²) in [4.78, 5) is 25.3. The Morgan fingerprint density at radius 2 is 1.27 bits per heavy atom. The summed E-state index contributed by atoms with van der Waals surface area (Å²) in [6, 6.07) is 0. The standard InChI is InChI=1S/C21H20O3Se2/c1-11-5-15(6-12(2)25-11)9-17-19(22)18(21(24)20(17)23)10-16-7-13(3)26-14(4)8-16/h5-10,17,24H,1-4H3. The number of rotatable bonds is 2. The summed E-state index contributed by atoms with van der Waals surface area (Å²) in [6.07, 6.45) is 11.4. The Kier molecular flexibility index (Phi) is 5.55. The zero-order chi connectivity index (χ0) is 19.0. The van der Waals surface area contributed by atoms with E-state index < -0.39 is 17.5 Å². The molecule has 1 aliphatic carbocycles. The van der Waals surface area contributed by atoms with Crippen molar-refractivity contribution in [1.29, 1.82) is 0 Å². The van der Waals surface area contributed by atoms with Crippen LogP contribution in [0.25, 0.3) is 0 Å². The van der Waals surface area contributed by atoms with Gasteiger partial charge in [-0.3, -0.25) is 0 Å². The molecule has 134 valence electrons. The van der Waals surface area contributed by atoms with Gasteiger partial charge in [0, 0.05) is 0 Å². The van der Waals surface area contributed by atoms with Crippen molar-refractivity contribution in [1.82, 2.24) is 0 Å². The molecule has 3 aliphatic rings. The monoisotopic (exact) mass is 480 g/mol. The van der Waals surface area contributed by atoms with Crippen molar-refractivity contribution in [2.45, 2.75) is 27.7 Å². The Bertz CT molecular complexity index is 881. The summed E-state index contributed by atoms with van der Waals surface area (Å²) in [5.74, 6) is -2.18. The molecule has 0 spiro atoms. The molecule has 0 fully saturated rings. The predicted octanol–water partition coefficient (Wildman–Crippen LogP) is 3.47. The summed E-state index contributed by atoms with van der Waals surface area (Å²) >= 11 is 0.681. The van der Waals surface area contributed by atoms with Crippen molar-refractivity contribution in [3.05, 3.63) is 76.8 Å². The molecule has 0 aromatic carbocycles. The van der Waals surface area contributed by atoms with E-state index in [1.807, 2.05) is 24.3 Å². The molecule has 0 saturated carbocycles. The van der Waals surface area contributed by atoms with E-state index in [9.17, 15) is 14.7 Å². The molecule has 5 heteroatoms. The Balaban J connectivity index is 1.94. The van der Waals surface area contributed by atoms with Crippen LogP contribution in [0, 0.1) is 5.92 Å². The molecular formula is C21H20O3Se2. The number of hydrogen-bond donors (Lipinski definition) is 1. The predicted molar refractivity (Wildman–Crippen MR) is 106 cm³/mol. The minimum atomic E-state index is -0.932. The number of allylic oxidation sites excluding steroid dienone is 14. The molecule has 3 rings (SSSR count). The quantitative estimate of drug-likeness (QED) is 0.489.